The molecule has 2 heterocycles. The molecule has 2 aromatic heterocycles. The summed E-state index contributed by atoms with van der Waals surface area (Å²) in [6, 6.07) is 6.86. The lowest BCUT2D eigenvalue weighted by molar-refractivity contribution is -0.115. The second-order valence-corrected chi connectivity index (χ2v) is 5.38. The first kappa shape index (κ1) is 15.1. The Morgan fingerprint density at radius 2 is 2.04 bits per heavy atom. The van der Waals surface area contributed by atoms with Crippen LogP contribution in [-0.2, 0) is 11.2 Å². The first-order chi connectivity index (χ1) is 11.0. The second-order valence-electron chi connectivity index (χ2n) is 5.38. The smallest absolute Gasteiger partial charge is 0.230 e. The van der Waals surface area contributed by atoms with Gasteiger partial charge in [0.15, 0.2) is 0 Å². The zero-order chi connectivity index (χ0) is 16.6. The van der Waals surface area contributed by atoms with Crippen LogP contribution in [0.1, 0.15) is 17.0 Å². The van der Waals surface area contributed by atoms with Crippen LogP contribution in [0.5, 0.6) is 0 Å². The van der Waals surface area contributed by atoms with Crippen molar-refractivity contribution in [3.63, 3.8) is 0 Å². The minimum absolute atomic E-state index is 0.0425. The first-order valence-electron chi connectivity index (χ1n) is 7.14. The van der Waals surface area contributed by atoms with Crippen molar-refractivity contribution in [2.75, 3.05) is 5.32 Å². The van der Waals surface area contributed by atoms with E-state index in [1.165, 1.54) is 6.07 Å². The molecule has 0 saturated heterocycles. The van der Waals surface area contributed by atoms with E-state index in [1.807, 2.05) is 36.6 Å². The molecule has 0 aliphatic heterocycles. The lowest BCUT2D eigenvalue weighted by atomic mass is 10.2. The highest BCUT2D eigenvalue weighted by Crippen LogP contribution is 2.18. The van der Waals surface area contributed by atoms with Gasteiger partial charge < -0.3 is 9.72 Å². The summed E-state index contributed by atoms with van der Waals surface area (Å²) in [7, 11) is 0. The number of anilines is 1. The third-order valence-corrected chi connectivity index (χ3v) is 3.68. The summed E-state index contributed by atoms with van der Waals surface area (Å²) in [5.74, 6) is -1.88. The van der Waals surface area contributed by atoms with Crippen LogP contribution in [0.2, 0.25) is 0 Å². The Hall–Kier alpha value is -2.76. The number of carbonyl (C=O) groups is 1. The fourth-order valence-corrected chi connectivity index (χ4v) is 2.52. The number of imidazole rings is 1. The lowest BCUT2D eigenvalue weighted by Gasteiger charge is -2.07. The summed E-state index contributed by atoms with van der Waals surface area (Å²) in [5.41, 5.74) is 3.24. The number of rotatable bonds is 3. The zero-order valence-electron chi connectivity index (χ0n) is 12.7. The highest BCUT2D eigenvalue weighted by Gasteiger charge is 2.15. The Morgan fingerprint density at radius 3 is 2.78 bits per heavy atom. The van der Waals surface area contributed by atoms with E-state index in [-0.39, 0.29) is 18.0 Å². The topological polar surface area (TPSA) is 46.4 Å². The molecule has 6 heteroatoms. The molecule has 3 rings (SSSR count). The molecular formula is C17H15F2N3O. The number of nitrogens with zero attached hydrogens (tertiary/aromatic N) is 2. The van der Waals surface area contributed by atoms with Crippen molar-refractivity contribution in [1.29, 1.82) is 0 Å². The maximum absolute atomic E-state index is 13.6. The standard InChI is InChI=1S/C17H15F2N3O/c1-10-4-3-7-22-15(11(2)20-17(10)22)9-16(23)21-14-6-5-12(18)8-13(14)19/h3-8H,9H2,1-2H3,(H,21,23). The van der Waals surface area contributed by atoms with Crippen molar-refractivity contribution in [3.8, 4) is 0 Å². The molecule has 4 nitrogen and oxygen atoms in total. The Morgan fingerprint density at radius 1 is 1.26 bits per heavy atom. The van der Waals surface area contributed by atoms with E-state index in [9.17, 15) is 13.6 Å². The first-order valence-corrected chi connectivity index (χ1v) is 7.14. The van der Waals surface area contributed by atoms with Crippen molar-refractivity contribution in [2.45, 2.75) is 20.3 Å². The Kier molecular flexibility index (Phi) is 3.82. The number of pyridine rings is 1. The Labute approximate surface area is 131 Å². The summed E-state index contributed by atoms with van der Waals surface area (Å²) in [6.45, 7) is 3.77. The molecule has 1 amide bonds. The molecule has 1 aromatic carbocycles. The van der Waals surface area contributed by atoms with Crippen LogP contribution in [0.4, 0.5) is 14.5 Å². The van der Waals surface area contributed by atoms with E-state index in [0.717, 1.165) is 34.7 Å². The highest BCUT2D eigenvalue weighted by atomic mass is 19.1. The molecule has 0 fully saturated rings. The van der Waals surface area contributed by atoms with Crippen molar-refractivity contribution in [1.82, 2.24) is 9.38 Å². The van der Waals surface area contributed by atoms with Gasteiger partial charge in [-0.05, 0) is 37.6 Å². The van der Waals surface area contributed by atoms with Crippen LogP contribution in [0.25, 0.3) is 5.65 Å². The van der Waals surface area contributed by atoms with Crippen LogP contribution in [-0.4, -0.2) is 15.3 Å². The van der Waals surface area contributed by atoms with E-state index in [0.29, 0.717) is 0 Å². The van der Waals surface area contributed by atoms with E-state index in [1.54, 1.807) is 0 Å². The number of halogens is 2. The number of hydrogen-bond acceptors (Lipinski definition) is 2. The molecule has 0 radical (unpaired) electrons. The van der Waals surface area contributed by atoms with E-state index in [2.05, 4.69) is 10.3 Å². The lowest BCUT2D eigenvalue weighted by Crippen LogP contribution is -2.17. The van der Waals surface area contributed by atoms with E-state index >= 15 is 0 Å². The van der Waals surface area contributed by atoms with Gasteiger partial charge in [0, 0.05) is 12.3 Å². The molecule has 0 aliphatic carbocycles. The van der Waals surface area contributed by atoms with Gasteiger partial charge in [0.2, 0.25) is 5.91 Å². The summed E-state index contributed by atoms with van der Waals surface area (Å²) in [5, 5.41) is 2.46. The van der Waals surface area contributed by atoms with Gasteiger partial charge in [-0.1, -0.05) is 6.07 Å². The van der Waals surface area contributed by atoms with Gasteiger partial charge in [-0.3, -0.25) is 4.79 Å². The fraction of sp³-hybridized carbons (Fsp3) is 0.176. The summed E-state index contributed by atoms with van der Waals surface area (Å²) >= 11 is 0. The molecule has 0 unspecified atom stereocenters. The van der Waals surface area contributed by atoms with E-state index in [4.69, 9.17) is 0 Å². The molecule has 118 valence electrons. The van der Waals surface area contributed by atoms with Crippen molar-refractivity contribution in [3.05, 3.63) is 65.1 Å². The number of aromatic nitrogens is 2. The quantitative estimate of drug-likeness (QED) is 0.805. The predicted octanol–water partition coefficient (Wildman–Crippen LogP) is 3.41. The van der Waals surface area contributed by atoms with Crippen molar-refractivity contribution >= 4 is 17.2 Å². The number of carbonyl (C=O) groups excluding carboxylic acids is 1. The largest absolute Gasteiger partial charge is 0.323 e. The third kappa shape index (κ3) is 2.92. The van der Waals surface area contributed by atoms with Crippen molar-refractivity contribution in [2.24, 2.45) is 0 Å². The second kappa shape index (κ2) is 5.79. The van der Waals surface area contributed by atoms with Gasteiger partial charge in [0.25, 0.3) is 0 Å². The normalized spacial score (nSPS) is 11.0. The van der Waals surface area contributed by atoms with Crippen LogP contribution in [0, 0.1) is 25.5 Å². The van der Waals surface area contributed by atoms with Crippen LogP contribution >= 0.6 is 0 Å². The maximum atomic E-state index is 13.6. The van der Waals surface area contributed by atoms with Gasteiger partial charge >= 0.3 is 0 Å². The van der Waals surface area contributed by atoms with Gasteiger partial charge in [-0.15, -0.1) is 0 Å². The SMILES string of the molecule is Cc1nc2c(C)cccn2c1CC(=O)Nc1ccc(F)cc1F. The number of benzene rings is 1. The minimum Gasteiger partial charge on any atom is -0.323 e. The van der Waals surface area contributed by atoms with Gasteiger partial charge in [-0.25, -0.2) is 13.8 Å². The average Bonchev–Trinajstić information content (AvgIpc) is 2.80. The third-order valence-electron chi connectivity index (χ3n) is 3.68. The van der Waals surface area contributed by atoms with Crippen molar-refractivity contribution < 1.29 is 13.6 Å². The number of nitrogens with one attached hydrogen (secondary N) is 1. The number of fused-ring (bicyclic) bond motifs is 1. The number of aryl methyl sites for hydroxylation is 2. The number of hydrogen-bond donors (Lipinski definition) is 1. The molecule has 0 aliphatic rings. The molecular weight excluding hydrogens is 300 g/mol. The van der Waals surface area contributed by atoms with E-state index < -0.39 is 11.6 Å². The maximum Gasteiger partial charge on any atom is 0.230 e. The van der Waals surface area contributed by atoms with Gasteiger partial charge in [0.05, 0.1) is 23.5 Å². The van der Waals surface area contributed by atoms with Gasteiger partial charge in [-0.2, -0.15) is 0 Å². The van der Waals surface area contributed by atoms with Crippen LogP contribution < -0.4 is 5.32 Å². The van der Waals surface area contributed by atoms with Gasteiger partial charge in [0.1, 0.15) is 17.3 Å². The summed E-state index contributed by atoms with van der Waals surface area (Å²) in [4.78, 5) is 16.6. The molecule has 0 bridgehead atoms. The Balaban J connectivity index is 1.86. The summed E-state index contributed by atoms with van der Waals surface area (Å²) < 4.78 is 28.3. The number of amides is 1. The average molecular weight is 315 g/mol. The minimum atomic E-state index is -0.802. The Bertz CT molecular complexity index is 902. The molecule has 0 spiro atoms. The predicted molar refractivity (Wildman–Crippen MR) is 83.4 cm³/mol. The molecule has 3 aromatic rings. The fourth-order valence-electron chi connectivity index (χ4n) is 2.52. The molecule has 23 heavy (non-hydrogen) atoms. The zero-order valence-corrected chi connectivity index (χ0v) is 12.7. The molecule has 1 N–H and O–H groups in total. The molecule has 0 atom stereocenters. The summed E-state index contributed by atoms with van der Waals surface area (Å²) in [6.07, 6.45) is 1.89. The molecule has 0 saturated carbocycles. The highest BCUT2D eigenvalue weighted by molar-refractivity contribution is 5.92. The monoisotopic (exact) mass is 315 g/mol. The van der Waals surface area contributed by atoms with Crippen LogP contribution in [0.3, 0.4) is 0 Å². The van der Waals surface area contributed by atoms with Crippen LogP contribution in [0.15, 0.2) is 36.5 Å².